The van der Waals surface area contributed by atoms with E-state index in [1.165, 1.54) is 22.7 Å². The summed E-state index contributed by atoms with van der Waals surface area (Å²) in [6.45, 7) is 0. The van der Waals surface area contributed by atoms with Gasteiger partial charge in [0.2, 0.25) is 0 Å². The molecular formula is C12H10N4OS2. The fourth-order valence-electron chi connectivity index (χ4n) is 1.58. The Morgan fingerprint density at radius 1 is 1.32 bits per heavy atom. The lowest BCUT2D eigenvalue weighted by atomic mass is 10.3. The van der Waals surface area contributed by atoms with Crippen molar-refractivity contribution in [3.05, 3.63) is 35.7 Å². The fraction of sp³-hybridized carbons (Fsp3) is 0. The summed E-state index contributed by atoms with van der Waals surface area (Å²) in [4.78, 5) is 8.39. The van der Waals surface area contributed by atoms with Gasteiger partial charge in [-0.15, -0.1) is 11.3 Å². The average molecular weight is 290 g/mol. The number of aromatic nitrogens is 1. The first-order chi connectivity index (χ1) is 9.20. The second kappa shape index (κ2) is 4.87. The van der Waals surface area contributed by atoms with Crippen LogP contribution in [0.1, 0.15) is 0 Å². The first-order valence-corrected chi connectivity index (χ1v) is 7.12. The molecule has 0 saturated heterocycles. The molecule has 0 aliphatic rings. The smallest absolute Gasteiger partial charge is 0.293 e. The first-order valence-electron chi connectivity index (χ1n) is 5.42. The Morgan fingerprint density at radius 2 is 2.21 bits per heavy atom. The molecule has 2 heterocycles. The number of fused-ring (bicyclic) bond motifs is 1. The van der Waals surface area contributed by atoms with Crippen LogP contribution in [-0.4, -0.2) is 11.0 Å². The molecule has 0 aliphatic heterocycles. The number of thiophene rings is 1. The second-order valence-corrected chi connectivity index (χ2v) is 5.66. The highest BCUT2D eigenvalue weighted by Gasteiger charge is 2.03. The lowest BCUT2D eigenvalue weighted by Crippen LogP contribution is -2.18. The topological polar surface area (TPSA) is 86.5 Å². The standard InChI is InChI=1S/C12H10N4OS2/c13-11(17-10-2-1-5-18-10)15-7-3-4-8-9(6-7)19-12(14)16-8/h1-6H,(H2,13,15)(H2,14,16). The maximum absolute atomic E-state index is 5.74. The van der Waals surface area contributed by atoms with Crippen LogP contribution in [0.5, 0.6) is 5.06 Å². The van der Waals surface area contributed by atoms with Crippen molar-refractivity contribution in [1.82, 2.24) is 4.98 Å². The Balaban J connectivity index is 1.87. The third-order valence-corrected chi connectivity index (χ3v) is 3.92. The molecule has 3 aromatic rings. The number of amidine groups is 1. The van der Waals surface area contributed by atoms with Crippen LogP contribution >= 0.6 is 22.7 Å². The quantitative estimate of drug-likeness (QED) is 0.561. The van der Waals surface area contributed by atoms with Crippen LogP contribution < -0.4 is 16.2 Å². The number of ether oxygens (including phenoxy) is 1. The number of hydrogen-bond donors (Lipinski definition) is 2. The van der Waals surface area contributed by atoms with Crippen LogP contribution in [0.3, 0.4) is 0 Å². The predicted octanol–water partition coefficient (Wildman–Crippen LogP) is 2.97. The van der Waals surface area contributed by atoms with Crippen molar-refractivity contribution in [2.45, 2.75) is 0 Å². The zero-order chi connectivity index (χ0) is 13.2. The Morgan fingerprint density at radius 3 is 3.00 bits per heavy atom. The SMILES string of the molecule is NC(=Nc1ccc2nc(N)sc2c1)Oc1cccs1. The van der Waals surface area contributed by atoms with Crippen LogP contribution in [-0.2, 0) is 0 Å². The van der Waals surface area contributed by atoms with E-state index in [4.69, 9.17) is 16.2 Å². The van der Waals surface area contributed by atoms with Gasteiger partial charge in [0.1, 0.15) is 0 Å². The zero-order valence-electron chi connectivity index (χ0n) is 9.74. The zero-order valence-corrected chi connectivity index (χ0v) is 11.4. The van der Waals surface area contributed by atoms with Crippen molar-refractivity contribution in [3.63, 3.8) is 0 Å². The van der Waals surface area contributed by atoms with Gasteiger partial charge in [0.15, 0.2) is 10.2 Å². The highest BCUT2D eigenvalue weighted by atomic mass is 32.1. The molecule has 7 heteroatoms. The van der Waals surface area contributed by atoms with Gasteiger partial charge in [0.05, 0.1) is 15.9 Å². The molecule has 0 fully saturated rings. The highest BCUT2D eigenvalue weighted by molar-refractivity contribution is 7.22. The third-order valence-electron chi connectivity index (χ3n) is 2.33. The maximum atomic E-state index is 5.74. The van der Waals surface area contributed by atoms with Crippen molar-refractivity contribution in [2.75, 3.05) is 5.73 Å². The molecule has 5 nitrogen and oxygen atoms in total. The predicted molar refractivity (Wildman–Crippen MR) is 80.3 cm³/mol. The van der Waals surface area contributed by atoms with E-state index in [-0.39, 0.29) is 6.02 Å². The van der Waals surface area contributed by atoms with Crippen molar-refractivity contribution < 1.29 is 4.74 Å². The molecule has 2 aromatic heterocycles. The van der Waals surface area contributed by atoms with E-state index < -0.39 is 0 Å². The molecule has 4 N–H and O–H groups in total. The number of nitrogen functional groups attached to an aromatic ring is 1. The Bertz CT molecular complexity index is 733. The highest BCUT2D eigenvalue weighted by Crippen LogP contribution is 2.27. The molecule has 0 atom stereocenters. The molecule has 0 spiro atoms. The summed E-state index contributed by atoms with van der Waals surface area (Å²) in [6, 6.07) is 9.40. The summed E-state index contributed by atoms with van der Waals surface area (Å²) in [5, 5.41) is 3.16. The minimum absolute atomic E-state index is 0.110. The van der Waals surface area contributed by atoms with E-state index in [9.17, 15) is 0 Å². The monoisotopic (exact) mass is 290 g/mol. The van der Waals surface area contributed by atoms with Crippen LogP contribution in [0.25, 0.3) is 10.2 Å². The summed E-state index contributed by atoms with van der Waals surface area (Å²) in [5.74, 6) is 0. The molecule has 96 valence electrons. The molecule has 0 amide bonds. The number of hydrogen-bond acceptors (Lipinski definition) is 6. The number of anilines is 1. The van der Waals surface area contributed by atoms with Crippen molar-refractivity contribution >= 4 is 49.7 Å². The van der Waals surface area contributed by atoms with Gasteiger partial charge in [-0.2, -0.15) is 4.99 Å². The van der Waals surface area contributed by atoms with Crippen molar-refractivity contribution in [2.24, 2.45) is 10.7 Å². The normalized spacial score (nSPS) is 11.9. The van der Waals surface area contributed by atoms with Gasteiger partial charge in [-0.1, -0.05) is 11.3 Å². The minimum atomic E-state index is 0.110. The molecule has 19 heavy (non-hydrogen) atoms. The molecule has 3 rings (SSSR count). The number of nitrogens with two attached hydrogens (primary N) is 2. The van der Waals surface area contributed by atoms with Gasteiger partial charge in [-0.25, -0.2) is 4.98 Å². The van der Waals surface area contributed by atoms with Gasteiger partial charge in [-0.3, -0.25) is 0 Å². The number of thiazole rings is 1. The van der Waals surface area contributed by atoms with Gasteiger partial charge in [-0.05, 0) is 35.7 Å². The Hall–Kier alpha value is -2.12. The number of benzene rings is 1. The van der Waals surface area contributed by atoms with E-state index in [2.05, 4.69) is 9.98 Å². The van der Waals surface area contributed by atoms with Gasteiger partial charge < -0.3 is 16.2 Å². The van der Waals surface area contributed by atoms with Crippen LogP contribution in [0.2, 0.25) is 0 Å². The Labute approximate surface area is 117 Å². The summed E-state index contributed by atoms with van der Waals surface area (Å²) in [7, 11) is 0. The van der Waals surface area contributed by atoms with E-state index in [1.807, 2.05) is 35.7 Å². The van der Waals surface area contributed by atoms with Crippen LogP contribution in [0.4, 0.5) is 10.8 Å². The summed E-state index contributed by atoms with van der Waals surface area (Å²) in [6.07, 6.45) is 0. The molecular weight excluding hydrogens is 280 g/mol. The van der Waals surface area contributed by atoms with Gasteiger partial charge in [0.25, 0.3) is 6.02 Å². The average Bonchev–Trinajstić information content (AvgIpc) is 2.96. The lowest BCUT2D eigenvalue weighted by molar-refractivity contribution is 0.558. The van der Waals surface area contributed by atoms with Crippen LogP contribution in [0.15, 0.2) is 40.7 Å². The van der Waals surface area contributed by atoms with Gasteiger partial charge in [0, 0.05) is 0 Å². The minimum Gasteiger partial charge on any atom is -0.415 e. The van der Waals surface area contributed by atoms with E-state index in [0.717, 1.165) is 10.2 Å². The van der Waals surface area contributed by atoms with E-state index in [1.54, 1.807) is 0 Å². The second-order valence-electron chi connectivity index (χ2n) is 3.69. The number of aliphatic imine (C=N–C) groups is 1. The molecule has 1 aromatic carbocycles. The summed E-state index contributed by atoms with van der Waals surface area (Å²) in [5.41, 5.74) is 13.0. The van der Waals surface area contributed by atoms with E-state index in [0.29, 0.717) is 15.9 Å². The third kappa shape index (κ3) is 2.67. The van der Waals surface area contributed by atoms with E-state index >= 15 is 0 Å². The molecule has 0 unspecified atom stereocenters. The van der Waals surface area contributed by atoms with Crippen molar-refractivity contribution in [3.8, 4) is 5.06 Å². The van der Waals surface area contributed by atoms with Crippen LogP contribution in [0, 0.1) is 0 Å². The molecule has 0 bridgehead atoms. The molecule has 0 radical (unpaired) electrons. The summed E-state index contributed by atoms with van der Waals surface area (Å²) < 4.78 is 6.36. The first kappa shape index (κ1) is 11.9. The van der Waals surface area contributed by atoms with Gasteiger partial charge >= 0.3 is 0 Å². The summed E-state index contributed by atoms with van der Waals surface area (Å²) >= 11 is 2.88. The Kier molecular flexibility index (Phi) is 3.06. The maximum Gasteiger partial charge on any atom is 0.293 e. The fourth-order valence-corrected chi connectivity index (χ4v) is 2.92. The molecule has 0 saturated carbocycles. The largest absolute Gasteiger partial charge is 0.415 e. The number of nitrogens with zero attached hydrogens (tertiary/aromatic N) is 2. The lowest BCUT2D eigenvalue weighted by Gasteiger charge is -2.01. The molecule has 0 aliphatic carbocycles. The van der Waals surface area contributed by atoms with Crippen molar-refractivity contribution in [1.29, 1.82) is 0 Å². The number of rotatable bonds is 2.